The summed E-state index contributed by atoms with van der Waals surface area (Å²) in [5, 5.41) is 16.3. The summed E-state index contributed by atoms with van der Waals surface area (Å²) in [7, 11) is 0. The normalized spacial score (nSPS) is 31.1. The minimum Gasteiger partial charge on any atom is -0.394 e. The van der Waals surface area contributed by atoms with E-state index in [4.69, 9.17) is 0 Å². The Morgan fingerprint density at radius 3 is 2.71 bits per heavy atom. The quantitative estimate of drug-likeness (QED) is 0.616. The molecule has 1 atom stereocenters. The summed E-state index contributed by atoms with van der Waals surface area (Å²) in [5.41, 5.74) is 0.0947. The molecule has 3 N–H and O–H groups in total. The van der Waals surface area contributed by atoms with Gasteiger partial charge in [-0.2, -0.15) is 0 Å². The van der Waals surface area contributed by atoms with Crippen molar-refractivity contribution in [1.29, 1.82) is 0 Å². The zero-order valence-corrected chi connectivity index (χ0v) is 8.89. The molecule has 2 aliphatic rings. The predicted octanol–water partition coefficient (Wildman–Crippen LogP) is 0.491. The van der Waals surface area contributed by atoms with Crippen molar-refractivity contribution >= 4 is 0 Å². The third kappa shape index (κ3) is 2.27. The molecular weight excluding hydrogens is 176 g/mol. The Balaban J connectivity index is 1.69. The van der Waals surface area contributed by atoms with E-state index in [2.05, 4.69) is 10.6 Å². The molecule has 1 unspecified atom stereocenters. The highest BCUT2D eigenvalue weighted by Gasteiger charge is 2.36. The number of aliphatic hydroxyl groups is 1. The fourth-order valence-corrected chi connectivity index (χ4v) is 2.45. The molecule has 3 nitrogen and oxygen atoms in total. The largest absolute Gasteiger partial charge is 0.394 e. The van der Waals surface area contributed by atoms with Gasteiger partial charge in [-0.15, -0.1) is 0 Å². The highest BCUT2D eigenvalue weighted by atomic mass is 16.3. The van der Waals surface area contributed by atoms with Crippen LogP contribution in [0.15, 0.2) is 0 Å². The Bertz CT molecular complexity index is 169. The molecule has 2 rings (SSSR count). The number of hydrogen-bond acceptors (Lipinski definition) is 3. The van der Waals surface area contributed by atoms with E-state index in [1.807, 2.05) is 0 Å². The summed E-state index contributed by atoms with van der Waals surface area (Å²) in [6, 6.07) is 0. The van der Waals surface area contributed by atoms with Crippen molar-refractivity contribution in [3.05, 3.63) is 0 Å². The Morgan fingerprint density at radius 1 is 1.36 bits per heavy atom. The maximum atomic E-state index is 9.29. The van der Waals surface area contributed by atoms with Gasteiger partial charge < -0.3 is 15.7 Å². The van der Waals surface area contributed by atoms with Crippen molar-refractivity contribution < 1.29 is 5.11 Å². The van der Waals surface area contributed by atoms with Crippen LogP contribution >= 0.6 is 0 Å². The first-order valence-corrected chi connectivity index (χ1v) is 5.91. The third-order valence-electron chi connectivity index (χ3n) is 3.78. The van der Waals surface area contributed by atoms with Gasteiger partial charge in [-0.25, -0.2) is 0 Å². The zero-order chi connectivity index (χ0) is 9.86. The number of nitrogens with one attached hydrogen (secondary N) is 2. The van der Waals surface area contributed by atoms with E-state index in [0.29, 0.717) is 6.61 Å². The highest BCUT2D eigenvalue weighted by Crippen LogP contribution is 2.31. The van der Waals surface area contributed by atoms with Gasteiger partial charge in [0.05, 0.1) is 6.61 Å². The lowest BCUT2D eigenvalue weighted by Crippen LogP contribution is -2.56. The average Bonchev–Trinajstić information content (AvgIpc) is 2.19. The fraction of sp³-hybridized carbons (Fsp3) is 1.00. The molecule has 0 spiro atoms. The summed E-state index contributed by atoms with van der Waals surface area (Å²) in [4.78, 5) is 0. The first-order chi connectivity index (χ1) is 6.85. The van der Waals surface area contributed by atoms with E-state index in [-0.39, 0.29) is 5.54 Å². The van der Waals surface area contributed by atoms with Crippen LogP contribution in [0.2, 0.25) is 0 Å². The van der Waals surface area contributed by atoms with Crippen LogP contribution in [0.3, 0.4) is 0 Å². The van der Waals surface area contributed by atoms with Crippen LogP contribution < -0.4 is 10.6 Å². The lowest BCUT2D eigenvalue weighted by molar-refractivity contribution is 0.0829. The summed E-state index contributed by atoms with van der Waals surface area (Å²) < 4.78 is 0. The number of hydrogen-bond donors (Lipinski definition) is 3. The molecule has 0 aromatic heterocycles. The molecule has 0 bridgehead atoms. The van der Waals surface area contributed by atoms with E-state index in [1.165, 1.54) is 25.8 Å². The van der Waals surface area contributed by atoms with Gasteiger partial charge in [0.25, 0.3) is 0 Å². The average molecular weight is 198 g/mol. The zero-order valence-electron chi connectivity index (χ0n) is 8.89. The molecule has 0 aromatic carbocycles. The second kappa shape index (κ2) is 4.60. The molecule has 0 radical (unpaired) electrons. The summed E-state index contributed by atoms with van der Waals surface area (Å²) in [6.07, 6.45) is 6.23. The maximum absolute atomic E-state index is 9.29. The Labute approximate surface area is 86.3 Å². The lowest BCUT2D eigenvalue weighted by atomic mass is 9.77. The van der Waals surface area contributed by atoms with Gasteiger partial charge in [-0.05, 0) is 57.7 Å². The maximum Gasteiger partial charge on any atom is 0.0613 e. The summed E-state index contributed by atoms with van der Waals surface area (Å²) >= 11 is 0. The Morgan fingerprint density at radius 2 is 2.21 bits per heavy atom. The number of piperidine rings is 1. The van der Waals surface area contributed by atoms with Gasteiger partial charge in [0.1, 0.15) is 0 Å². The summed E-state index contributed by atoms with van der Waals surface area (Å²) in [5.74, 6) is 0.771. The standard InChI is InChI=1S/C11H22N2O/c14-9-11(4-2-5-11)13-8-10-3-1-6-12-7-10/h10,12-14H,1-9H2. The molecule has 14 heavy (non-hydrogen) atoms. The predicted molar refractivity (Wildman–Crippen MR) is 57.3 cm³/mol. The Hall–Kier alpha value is -0.120. The van der Waals surface area contributed by atoms with Crippen molar-refractivity contribution in [3.8, 4) is 0 Å². The van der Waals surface area contributed by atoms with Crippen LogP contribution in [0.5, 0.6) is 0 Å². The molecule has 0 amide bonds. The second-order valence-electron chi connectivity index (χ2n) is 4.89. The van der Waals surface area contributed by atoms with E-state index in [9.17, 15) is 5.11 Å². The molecule has 1 saturated heterocycles. The highest BCUT2D eigenvalue weighted by molar-refractivity contribution is 4.95. The van der Waals surface area contributed by atoms with Crippen LogP contribution in [0.25, 0.3) is 0 Å². The molecule has 1 saturated carbocycles. The first-order valence-electron chi connectivity index (χ1n) is 5.91. The minimum absolute atomic E-state index is 0.0947. The van der Waals surface area contributed by atoms with E-state index >= 15 is 0 Å². The van der Waals surface area contributed by atoms with Crippen molar-refractivity contribution in [2.24, 2.45) is 5.92 Å². The monoisotopic (exact) mass is 198 g/mol. The van der Waals surface area contributed by atoms with Crippen molar-refractivity contribution in [3.63, 3.8) is 0 Å². The van der Waals surface area contributed by atoms with Crippen LogP contribution in [0.1, 0.15) is 32.1 Å². The number of rotatable bonds is 4. The van der Waals surface area contributed by atoms with Crippen LogP contribution in [-0.4, -0.2) is 36.9 Å². The molecule has 82 valence electrons. The molecule has 2 fully saturated rings. The molecule has 1 heterocycles. The van der Waals surface area contributed by atoms with Gasteiger partial charge in [-0.3, -0.25) is 0 Å². The first kappa shape index (κ1) is 10.4. The number of aliphatic hydroxyl groups excluding tert-OH is 1. The van der Waals surface area contributed by atoms with E-state index < -0.39 is 0 Å². The fourth-order valence-electron chi connectivity index (χ4n) is 2.45. The van der Waals surface area contributed by atoms with E-state index in [0.717, 1.165) is 31.8 Å². The van der Waals surface area contributed by atoms with Crippen molar-refractivity contribution in [2.45, 2.75) is 37.6 Å². The summed E-state index contributed by atoms with van der Waals surface area (Å²) in [6.45, 7) is 3.72. The van der Waals surface area contributed by atoms with Crippen molar-refractivity contribution in [1.82, 2.24) is 10.6 Å². The molecule has 1 aliphatic heterocycles. The van der Waals surface area contributed by atoms with Gasteiger partial charge in [0.15, 0.2) is 0 Å². The Kier molecular flexibility index (Phi) is 3.42. The molecular formula is C11H22N2O. The molecule has 3 heteroatoms. The van der Waals surface area contributed by atoms with Gasteiger partial charge >= 0.3 is 0 Å². The van der Waals surface area contributed by atoms with Crippen molar-refractivity contribution in [2.75, 3.05) is 26.2 Å². The van der Waals surface area contributed by atoms with Crippen LogP contribution in [0, 0.1) is 5.92 Å². The topological polar surface area (TPSA) is 44.3 Å². The third-order valence-corrected chi connectivity index (χ3v) is 3.78. The second-order valence-corrected chi connectivity index (χ2v) is 4.89. The van der Waals surface area contributed by atoms with Crippen LogP contribution in [0.4, 0.5) is 0 Å². The molecule has 0 aromatic rings. The van der Waals surface area contributed by atoms with Gasteiger partial charge in [0.2, 0.25) is 0 Å². The van der Waals surface area contributed by atoms with Gasteiger partial charge in [0, 0.05) is 5.54 Å². The van der Waals surface area contributed by atoms with Crippen LogP contribution in [-0.2, 0) is 0 Å². The SMILES string of the molecule is OCC1(NCC2CCCNC2)CCC1. The van der Waals surface area contributed by atoms with E-state index in [1.54, 1.807) is 0 Å². The lowest BCUT2D eigenvalue weighted by Gasteiger charge is -2.42. The molecule has 1 aliphatic carbocycles. The van der Waals surface area contributed by atoms with Gasteiger partial charge in [-0.1, -0.05) is 0 Å². The minimum atomic E-state index is 0.0947. The smallest absolute Gasteiger partial charge is 0.0613 e.